The van der Waals surface area contributed by atoms with Crippen molar-refractivity contribution in [2.45, 2.75) is 13.2 Å². The summed E-state index contributed by atoms with van der Waals surface area (Å²) in [6.45, 7) is -1.62. The van der Waals surface area contributed by atoms with Gasteiger partial charge in [0.25, 0.3) is 5.52 Å². The Balaban J connectivity index is 0.000000205. The van der Waals surface area contributed by atoms with Crippen LogP contribution in [0, 0.1) is 58.2 Å². The molecule has 4 aromatic carbocycles. The van der Waals surface area contributed by atoms with E-state index in [2.05, 4.69) is 35.3 Å². The van der Waals surface area contributed by atoms with E-state index in [1.54, 1.807) is 54.7 Å². The first-order valence-electron chi connectivity index (χ1n) is 13.3. The van der Waals surface area contributed by atoms with Gasteiger partial charge in [-0.25, -0.2) is 48.9 Å². The summed E-state index contributed by atoms with van der Waals surface area (Å²) in [5.41, 5.74) is -1.10. The van der Waals surface area contributed by atoms with Crippen molar-refractivity contribution in [3.63, 3.8) is 0 Å². The van der Waals surface area contributed by atoms with E-state index in [0.717, 1.165) is 5.39 Å². The van der Waals surface area contributed by atoms with Gasteiger partial charge < -0.3 is 9.47 Å². The summed E-state index contributed by atoms with van der Waals surface area (Å²) in [7, 11) is 0. The van der Waals surface area contributed by atoms with Gasteiger partial charge >= 0.3 is 42.1 Å². The fourth-order valence-electron chi connectivity index (χ4n) is 4.29. The number of rotatable bonds is 6. The number of fused-ring (bicyclic) bond motifs is 2. The van der Waals surface area contributed by atoms with Crippen molar-refractivity contribution in [3.05, 3.63) is 142 Å². The number of nitrogens with one attached hydrogen (secondary N) is 1. The maximum Gasteiger partial charge on any atom is 0.253 e. The Bertz CT molecular complexity index is 1910. The minimum absolute atomic E-state index is 0.173. The second kappa shape index (κ2) is 17.3. The molecule has 6 rings (SSSR count). The number of benzene rings is 4. The van der Waals surface area contributed by atoms with Gasteiger partial charge in [0.15, 0.2) is 58.5 Å². The monoisotopic (exact) mass is 936 g/mol. The first-order chi connectivity index (χ1) is 23.4. The van der Waals surface area contributed by atoms with Gasteiger partial charge in [0, 0.05) is 17.6 Å². The van der Waals surface area contributed by atoms with Crippen molar-refractivity contribution < 1.29 is 75.1 Å². The zero-order valence-electron chi connectivity index (χ0n) is 24.0. The molecular weight excluding hydrogens is 921 g/mol. The molecule has 49 heavy (non-hydrogen) atoms. The number of para-hydroxylation sites is 2. The molecule has 0 aliphatic rings. The van der Waals surface area contributed by atoms with Crippen LogP contribution in [-0.4, -0.2) is 4.98 Å². The van der Waals surface area contributed by atoms with Crippen LogP contribution in [0.15, 0.2) is 73.1 Å². The van der Waals surface area contributed by atoms with E-state index in [1.165, 1.54) is 18.3 Å². The van der Waals surface area contributed by atoms with Gasteiger partial charge in [0.1, 0.15) is 24.5 Å². The van der Waals surface area contributed by atoms with E-state index in [0.29, 0.717) is 16.4 Å². The summed E-state index contributed by atoms with van der Waals surface area (Å²) in [6.07, 6.45) is 3.11. The molecule has 1 N–H and O–H groups in total. The Morgan fingerprint density at radius 2 is 0.939 bits per heavy atom. The topological polar surface area (TPSA) is 45.5 Å². The molecule has 4 nitrogen and oxygen atoms in total. The number of H-pyrrole nitrogens is 1. The molecule has 0 aliphatic heterocycles. The van der Waals surface area contributed by atoms with Crippen LogP contribution in [0.4, 0.5) is 43.9 Å². The molecule has 0 spiro atoms. The summed E-state index contributed by atoms with van der Waals surface area (Å²) >= 11 is 6.56. The van der Waals surface area contributed by atoms with Crippen LogP contribution < -0.4 is 31.2 Å². The Kier molecular flexibility index (Phi) is 13.4. The molecule has 0 aliphatic carbocycles. The Hall–Kier alpha value is -3.71. The predicted octanol–water partition coefficient (Wildman–Crippen LogP) is 7.13. The Morgan fingerprint density at radius 1 is 0.531 bits per heavy atom. The quantitative estimate of drug-likeness (QED) is 0.0774. The fraction of sp³-hybridized carbons (Fsp3) is 0.0625. The summed E-state index contributed by atoms with van der Waals surface area (Å²) in [5.74, 6) is -19.6. The SMILES string of the molecule is Br[I-]Br.Fc1c(F)c(F)c(COc2cccc3ccc[nH+]c23)c(F)c1F.Fc1c(F)c(F)c(COc2cccc3cccnc23)c(F)c1F. The van der Waals surface area contributed by atoms with E-state index in [4.69, 9.17) is 9.47 Å². The first kappa shape index (κ1) is 38.1. The zero-order chi connectivity index (χ0) is 35.8. The normalized spacial score (nSPS) is 10.8. The molecule has 0 saturated carbocycles. The second-order valence-electron chi connectivity index (χ2n) is 9.45. The van der Waals surface area contributed by atoms with Crippen molar-refractivity contribution >= 4 is 47.2 Å². The van der Waals surface area contributed by atoms with Crippen LogP contribution in [0.5, 0.6) is 11.5 Å². The molecule has 0 radical (unpaired) electrons. The van der Waals surface area contributed by atoms with Crippen molar-refractivity contribution in [3.8, 4) is 11.5 Å². The number of halogens is 13. The average molecular weight is 938 g/mol. The Labute approximate surface area is 292 Å². The summed E-state index contributed by atoms with van der Waals surface area (Å²) in [5, 5.41) is 1.48. The molecule has 0 bridgehead atoms. The van der Waals surface area contributed by atoms with Gasteiger partial charge in [0.2, 0.25) is 11.6 Å². The minimum atomic E-state index is -2.20. The van der Waals surface area contributed by atoms with E-state index in [9.17, 15) is 43.9 Å². The van der Waals surface area contributed by atoms with Crippen molar-refractivity contribution in [2.75, 3.05) is 0 Å². The molecule has 17 heteroatoms. The van der Waals surface area contributed by atoms with Gasteiger partial charge in [-0.3, -0.25) is 4.98 Å². The largest absolute Gasteiger partial charge is 0.486 e. The van der Waals surface area contributed by atoms with Crippen molar-refractivity contribution in [1.82, 2.24) is 4.98 Å². The number of nitrogens with zero attached hydrogens (tertiary/aromatic N) is 1. The summed E-state index contributed by atoms with van der Waals surface area (Å²) in [4.78, 5) is 6.96. The van der Waals surface area contributed by atoms with E-state index in [-0.39, 0.29) is 28.3 Å². The van der Waals surface area contributed by atoms with Crippen LogP contribution in [0.2, 0.25) is 0 Å². The molecular formula is C32H17Br2F10IN2O2. The van der Waals surface area contributed by atoms with E-state index >= 15 is 0 Å². The number of aromatic nitrogens is 2. The molecule has 0 unspecified atom stereocenters. The van der Waals surface area contributed by atoms with Gasteiger partial charge in [-0.05, 0) is 30.3 Å². The van der Waals surface area contributed by atoms with Crippen LogP contribution in [0.1, 0.15) is 11.1 Å². The fourth-order valence-corrected chi connectivity index (χ4v) is 4.29. The third kappa shape index (κ3) is 8.54. The van der Waals surface area contributed by atoms with Crippen LogP contribution in [0.25, 0.3) is 21.8 Å². The van der Waals surface area contributed by atoms with Crippen LogP contribution >= 0.6 is 25.4 Å². The zero-order valence-corrected chi connectivity index (χ0v) is 29.3. The minimum Gasteiger partial charge on any atom is -0.486 e. The summed E-state index contributed by atoms with van der Waals surface area (Å²) < 4.78 is 144. The predicted molar refractivity (Wildman–Crippen MR) is 161 cm³/mol. The first-order valence-corrected chi connectivity index (χ1v) is 23.0. The van der Waals surface area contributed by atoms with Gasteiger partial charge in [-0.1, -0.05) is 24.3 Å². The molecule has 2 aromatic heterocycles. The average Bonchev–Trinajstić information content (AvgIpc) is 3.12. The number of aromatic amines is 1. The second-order valence-corrected chi connectivity index (χ2v) is 19.2. The number of ether oxygens (including phenoxy) is 2. The third-order valence-electron chi connectivity index (χ3n) is 6.60. The van der Waals surface area contributed by atoms with Gasteiger partial charge in [0.05, 0.1) is 16.5 Å². The van der Waals surface area contributed by atoms with Crippen LogP contribution in [0.3, 0.4) is 0 Å². The molecule has 0 atom stereocenters. The Morgan fingerprint density at radius 3 is 1.47 bits per heavy atom. The number of pyridine rings is 2. The smallest absolute Gasteiger partial charge is 0.253 e. The van der Waals surface area contributed by atoms with Gasteiger partial charge in [-0.2, -0.15) is 0 Å². The maximum absolute atomic E-state index is 13.6. The molecule has 258 valence electrons. The number of hydrogen-bond donors (Lipinski definition) is 0. The standard InChI is InChI=1S/2C16H8F5NO.Br2I/c2*17-11-9(12(18)14(20)15(21)13(11)19)7-23-10-5-1-3-8-4-2-6-22-16(8)10;1-3-2/h2*1-6H,7H2;/q;;-1/p+1. The third-order valence-corrected chi connectivity index (χ3v) is 6.60. The van der Waals surface area contributed by atoms with E-state index < -0.39 is 82.5 Å². The van der Waals surface area contributed by atoms with Gasteiger partial charge in [-0.15, -0.1) is 0 Å². The van der Waals surface area contributed by atoms with Crippen molar-refractivity contribution in [2.24, 2.45) is 0 Å². The van der Waals surface area contributed by atoms with E-state index in [1.807, 2.05) is 0 Å². The maximum atomic E-state index is 13.6. The molecule has 0 amide bonds. The molecule has 0 saturated heterocycles. The molecule has 6 aromatic rings. The summed E-state index contributed by atoms with van der Waals surface area (Å²) in [6, 6.07) is 16.7. The molecule has 2 heterocycles. The van der Waals surface area contributed by atoms with Crippen molar-refractivity contribution in [1.29, 1.82) is 0 Å². The molecule has 0 fully saturated rings. The number of hydrogen-bond acceptors (Lipinski definition) is 3. The van der Waals surface area contributed by atoms with Crippen LogP contribution in [-0.2, 0) is 13.2 Å².